The lowest BCUT2D eigenvalue weighted by Crippen LogP contribution is -2.40. The van der Waals surface area contributed by atoms with E-state index in [-0.39, 0.29) is 17.0 Å². The highest BCUT2D eigenvalue weighted by molar-refractivity contribution is 7.89. The number of benzene rings is 1. The second-order valence-corrected chi connectivity index (χ2v) is 10.4. The van der Waals surface area contributed by atoms with Gasteiger partial charge in [-0.25, -0.2) is 8.42 Å². The van der Waals surface area contributed by atoms with Crippen LogP contribution < -0.4 is 0 Å². The molecule has 0 atom stereocenters. The van der Waals surface area contributed by atoms with Crippen LogP contribution in [0.3, 0.4) is 0 Å². The van der Waals surface area contributed by atoms with Crippen molar-refractivity contribution in [3.05, 3.63) is 29.8 Å². The number of nitrogens with zero attached hydrogens (tertiary/aromatic N) is 2. The highest BCUT2D eigenvalue weighted by Crippen LogP contribution is 2.32. The summed E-state index contributed by atoms with van der Waals surface area (Å²) in [6, 6.07) is 3.51. The third kappa shape index (κ3) is 7.73. The summed E-state index contributed by atoms with van der Waals surface area (Å²) in [4.78, 5) is 2.20. The maximum atomic E-state index is 12.8. The van der Waals surface area contributed by atoms with E-state index in [4.69, 9.17) is 4.74 Å². The van der Waals surface area contributed by atoms with Crippen molar-refractivity contribution in [1.82, 2.24) is 9.21 Å². The second-order valence-electron chi connectivity index (χ2n) is 8.36. The summed E-state index contributed by atoms with van der Waals surface area (Å²) in [5, 5.41) is 0. The van der Waals surface area contributed by atoms with Gasteiger partial charge in [0.2, 0.25) is 10.0 Å². The fraction of sp³-hybridized carbons (Fsp3) is 0.727. The molecular weight excluding hydrogens is 429 g/mol. The van der Waals surface area contributed by atoms with Crippen LogP contribution in [0.1, 0.15) is 57.4 Å². The van der Waals surface area contributed by atoms with E-state index in [0.717, 1.165) is 76.1 Å². The van der Waals surface area contributed by atoms with Gasteiger partial charge in [0.15, 0.2) is 0 Å². The van der Waals surface area contributed by atoms with Crippen LogP contribution in [0, 0.1) is 0 Å². The van der Waals surface area contributed by atoms with Crippen molar-refractivity contribution < 1.29 is 26.3 Å². The molecule has 0 amide bonds. The number of unbranched alkanes of at least 4 members (excludes halogenated alkanes) is 1. The smallest absolute Gasteiger partial charge is 0.378 e. The number of hydrogen-bond donors (Lipinski definition) is 0. The molecule has 1 fully saturated rings. The van der Waals surface area contributed by atoms with Crippen molar-refractivity contribution in [1.29, 1.82) is 0 Å². The van der Waals surface area contributed by atoms with E-state index < -0.39 is 21.8 Å². The summed E-state index contributed by atoms with van der Waals surface area (Å²) in [6.45, 7) is 5.06. The van der Waals surface area contributed by atoms with Crippen molar-refractivity contribution in [3.8, 4) is 0 Å². The molecule has 1 aliphatic rings. The number of sulfonamides is 1. The van der Waals surface area contributed by atoms with Crippen LogP contribution in [-0.4, -0.2) is 63.6 Å². The SMILES string of the molecule is CCCN(C)CCCCO[C@H]1CC[C@H](N(C)S(=O)(=O)c2ccc(C(F)(F)F)cc2)CC1. The van der Waals surface area contributed by atoms with Gasteiger partial charge in [-0.15, -0.1) is 0 Å². The molecule has 1 saturated carbocycles. The van der Waals surface area contributed by atoms with Gasteiger partial charge in [-0.2, -0.15) is 17.5 Å². The van der Waals surface area contributed by atoms with E-state index in [1.54, 1.807) is 0 Å². The Balaban J connectivity index is 1.78. The number of alkyl halides is 3. The van der Waals surface area contributed by atoms with Gasteiger partial charge in [-0.1, -0.05) is 6.92 Å². The predicted molar refractivity (Wildman–Crippen MR) is 115 cm³/mol. The number of halogens is 3. The predicted octanol–water partition coefficient (Wildman–Crippen LogP) is 4.78. The zero-order chi connectivity index (χ0) is 23.1. The molecule has 9 heteroatoms. The summed E-state index contributed by atoms with van der Waals surface area (Å²) in [6.07, 6.45) is 1.85. The van der Waals surface area contributed by atoms with Crippen LogP contribution >= 0.6 is 0 Å². The first-order chi connectivity index (χ1) is 14.6. The third-order valence-electron chi connectivity index (χ3n) is 5.91. The van der Waals surface area contributed by atoms with Gasteiger partial charge in [-0.05, 0) is 89.3 Å². The largest absolute Gasteiger partial charge is 0.416 e. The summed E-state index contributed by atoms with van der Waals surface area (Å²) in [5.74, 6) is 0. The molecule has 0 bridgehead atoms. The molecule has 0 aromatic heterocycles. The Bertz CT molecular complexity index is 761. The van der Waals surface area contributed by atoms with E-state index >= 15 is 0 Å². The Morgan fingerprint density at radius 2 is 1.61 bits per heavy atom. The molecule has 0 aliphatic heterocycles. The first kappa shape index (κ1) is 26.1. The zero-order valence-electron chi connectivity index (χ0n) is 18.7. The maximum Gasteiger partial charge on any atom is 0.416 e. The van der Waals surface area contributed by atoms with E-state index in [1.807, 2.05) is 0 Å². The topological polar surface area (TPSA) is 49.9 Å². The lowest BCUT2D eigenvalue weighted by atomic mass is 9.93. The van der Waals surface area contributed by atoms with Gasteiger partial charge in [0.25, 0.3) is 0 Å². The Labute approximate surface area is 184 Å². The second kappa shape index (κ2) is 11.6. The molecule has 1 aliphatic carbocycles. The van der Waals surface area contributed by atoms with Crippen molar-refractivity contribution in [3.63, 3.8) is 0 Å². The van der Waals surface area contributed by atoms with Gasteiger partial charge in [0, 0.05) is 19.7 Å². The average molecular weight is 465 g/mol. The van der Waals surface area contributed by atoms with Crippen molar-refractivity contribution in [2.45, 2.75) is 75.1 Å². The number of hydrogen-bond acceptors (Lipinski definition) is 4. The van der Waals surface area contributed by atoms with E-state index in [2.05, 4.69) is 18.9 Å². The van der Waals surface area contributed by atoms with Crippen LogP contribution in [-0.2, 0) is 20.9 Å². The number of ether oxygens (including phenoxy) is 1. The molecule has 0 heterocycles. The van der Waals surface area contributed by atoms with Crippen LogP contribution in [0.4, 0.5) is 13.2 Å². The van der Waals surface area contributed by atoms with Gasteiger partial charge in [0.1, 0.15) is 0 Å². The minimum Gasteiger partial charge on any atom is -0.378 e. The monoisotopic (exact) mass is 464 g/mol. The lowest BCUT2D eigenvalue weighted by Gasteiger charge is -2.34. The Morgan fingerprint density at radius 1 is 1.00 bits per heavy atom. The first-order valence-electron chi connectivity index (χ1n) is 11.0. The Morgan fingerprint density at radius 3 is 2.16 bits per heavy atom. The third-order valence-corrected chi connectivity index (χ3v) is 7.83. The van der Waals surface area contributed by atoms with E-state index in [1.165, 1.54) is 11.4 Å². The Kier molecular flexibility index (Phi) is 9.79. The molecule has 0 spiro atoms. The van der Waals surface area contributed by atoms with Crippen LogP contribution in [0.2, 0.25) is 0 Å². The molecular formula is C22H35F3N2O3S. The quantitative estimate of drug-likeness (QED) is 0.443. The van der Waals surface area contributed by atoms with Crippen LogP contribution in [0.25, 0.3) is 0 Å². The molecule has 0 unspecified atom stereocenters. The van der Waals surface area contributed by atoms with Gasteiger partial charge in [0.05, 0.1) is 16.6 Å². The molecule has 0 N–H and O–H groups in total. The molecule has 1 aromatic carbocycles. The van der Waals surface area contributed by atoms with E-state index in [9.17, 15) is 21.6 Å². The Hall–Kier alpha value is -1.16. The first-order valence-corrected chi connectivity index (χ1v) is 12.4. The lowest BCUT2D eigenvalue weighted by molar-refractivity contribution is -0.137. The molecule has 0 saturated heterocycles. The van der Waals surface area contributed by atoms with Gasteiger partial charge in [-0.3, -0.25) is 0 Å². The van der Waals surface area contributed by atoms with Crippen LogP contribution in [0.5, 0.6) is 0 Å². The van der Waals surface area contributed by atoms with Crippen molar-refractivity contribution in [2.75, 3.05) is 33.8 Å². The molecule has 1 aromatic rings. The summed E-state index contributed by atoms with van der Waals surface area (Å²) >= 11 is 0. The van der Waals surface area contributed by atoms with Gasteiger partial charge >= 0.3 is 6.18 Å². The molecule has 31 heavy (non-hydrogen) atoms. The highest BCUT2D eigenvalue weighted by Gasteiger charge is 2.34. The number of rotatable bonds is 11. The minimum absolute atomic E-state index is 0.116. The highest BCUT2D eigenvalue weighted by atomic mass is 32.2. The summed E-state index contributed by atoms with van der Waals surface area (Å²) in [5.41, 5.74) is -0.858. The van der Waals surface area contributed by atoms with Crippen molar-refractivity contribution >= 4 is 10.0 Å². The molecule has 2 rings (SSSR count). The summed E-state index contributed by atoms with van der Waals surface area (Å²) in [7, 11) is -0.204. The standard InChI is InChI=1S/C22H35F3N2O3S/c1-4-15-26(2)16-5-6-17-30-20-11-9-19(10-12-20)27(3)31(28,29)21-13-7-18(8-14-21)22(23,24)25/h7-8,13-14,19-20H,4-6,9-12,15-17H2,1-3H3/t19-,20-. The summed E-state index contributed by atoms with van der Waals surface area (Å²) < 4.78 is 71.1. The molecule has 0 radical (unpaired) electrons. The molecule has 5 nitrogen and oxygen atoms in total. The minimum atomic E-state index is -4.49. The fourth-order valence-electron chi connectivity index (χ4n) is 3.98. The van der Waals surface area contributed by atoms with Crippen LogP contribution in [0.15, 0.2) is 29.2 Å². The zero-order valence-corrected chi connectivity index (χ0v) is 19.5. The van der Waals surface area contributed by atoms with Gasteiger partial charge < -0.3 is 9.64 Å². The maximum absolute atomic E-state index is 12.8. The average Bonchev–Trinajstić information content (AvgIpc) is 2.73. The normalized spacial score (nSPS) is 20.5. The molecule has 178 valence electrons. The van der Waals surface area contributed by atoms with Crippen molar-refractivity contribution in [2.24, 2.45) is 0 Å². The van der Waals surface area contributed by atoms with E-state index in [0.29, 0.717) is 12.8 Å². The fourth-order valence-corrected chi connectivity index (χ4v) is 5.40.